The molecule has 11 heteroatoms. The fourth-order valence-corrected chi connectivity index (χ4v) is 6.65. The zero-order chi connectivity index (χ0) is 35.3. The second-order valence-electron chi connectivity index (χ2n) is 12.4. The first-order valence-electron chi connectivity index (χ1n) is 15.8. The fourth-order valence-electron chi connectivity index (χ4n) is 5.63. The molecular weight excluding hydrogens is 665 g/mol. The van der Waals surface area contributed by atoms with E-state index < -0.39 is 28.6 Å². The van der Waals surface area contributed by atoms with E-state index in [-0.39, 0.29) is 35.2 Å². The SMILES string of the molecule is CCCc1nc(Cl)c(COC(=O)c2ccccc2C(=O)c2ccccc2)n1Cc1ccc(-c2ccccc2N(S(=O)[O-])C(C)(C)C)cc1F. The Morgan fingerprint density at radius 1 is 0.959 bits per heavy atom. The minimum Gasteiger partial charge on any atom is -0.755 e. The van der Waals surface area contributed by atoms with Crippen molar-refractivity contribution in [2.45, 2.75) is 59.2 Å². The van der Waals surface area contributed by atoms with Crippen molar-refractivity contribution < 1.29 is 27.5 Å². The highest BCUT2D eigenvalue weighted by molar-refractivity contribution is 7.80. The van der Waals surface area contributed by atoms with Crippen molar-refractivity contribution in [2.75, 3.05) is 4.31 Å². The third-order valence-electron chi connectivity index (χ3n) is 7.92. The number of nitrogens with zero attached hydrogens (tertiary/aromatic N) is 3. The van der Waals surface area contributed by atoms with Gasteiger partial charge in [0.15, 0.2) is 10.9 Å². The van der Waals surface area contributed by atoms with Gasteiger partial charge in [0, 0.05) is 45.5 Å². The number of imidazole rings is 1. The van der Waals surface area contributed by atoms with E-state index in [0.717, 1.165) is 6.42 Å². The van der Waals surface area contributed by atoms with Gasteiger partial charge in [-0.2, -0.15) is 0 Å². The van der Waals surface area contributed by atoms with Gasteiger partial charge in [0.05, 0.1) is 23.5 Å². The molecule has 1 heterocycles. The van der Waals surface area contributed by atoms with Gasteiger partial charge >= 0.3 is 5.97 Å². The molecule has 0 aliphatic rings. The fraction of sp³-hybridized carbons (Fsp3) is 0.237. The largest absolute Gasteiger partial charge is 0.755 e. The maximum absolute atomic E-state index is 15.9. The van der Waals surface area contributed by atoms with Crippen molar-refractivity contribution in [3.8, 4) is 11.1 Å². The molecular formula is C38H36ClFN3O5S-. The summed E-state index contributed by atoms with van der Waals surface area (Å²) in [5, 5.41) is 0.128. The molecule has 5 aromatic rings. The van der Waals surface area contributed by atoms with Crippen LogP contribution in [0.2, 0.25) is 5.15 Å². The third kappa shape index (κ3) is 7.99. The summed E-state index contributed by atoms with van der Waals surface area (Å²) >= 11 is 4.01. The van der Waals surface area contributed by atoms with Crippen LogP contribution in [0.3, 0.4) is 0 Å². The predicted octanol–water partition coefficient (Wildman–Crippen LogP) is 8.33. The van der Waals surface area contributed by atoms with E-state index in [9.17, 15) is 18.4 Å². The molecule has 1 aromatic heterocycles. The summed E-state index contributed by atoms with van der Waals surface area (Å²) in [6.07, 6.45) is 1.29. The standard InChI is InChI=1S/C38H37ClFN3O5S/c1-5-13-34-41-36(39)33(24-48-37(45)30-18-10-9-17-29(30)35(44)25-14-7-6-8-15-25)42(34)23-27-21-20-26(22-31(27)40)28-16-11-12-19-32(28)43(49(46)47)38(2,3)4/h6-12,14-22H,5,13,23-24H2,1-4H3,(H,46,47)/p-1. The Hall–Kier alpha value is -4.64. The number of para-hydroxylation sites is 1. The average molecular weight is 701 g/mol. The first-order chi connectivity index (χ1) is 23.4. The highest BCUT2D eigenvalue weighted by atomic mass is 35.5. The van der Waals surface area contributed by atoms with Crippen LogP contribution in [-0.2, 0) is 35.6 Å². The Labute approximate surface area is 292 Å². The molecule has 5 rings (SSSR count). The van der Waals surface area contributed by atoms with E-state index in [1.54, 1.807) is 110 Å². The van der Waals surface area contributed by atoms with Crippen LogP contribution in [0.25, 0.3) is 11.1 Å². The highest BCUT2D eigenvalue weighted by Crippen LogP contribution is 2.36. The van der Waals surface area contributed by atoms with Gasteiger partial charge in [0.1, 0.15) is 18.2 Å². The molecule has 49 heavy (non-hydrogen) atoms. The van der Waals surface area contributed by atoms with E-state index in [4.69, 9.17) is 16.3 Å². The number of hydrogen-bond acceptors (Lipinski definition) is 6. The van der Waals surface area contributed by atoms with E-state index in [0.29, 0.717) is 45.9 Å². The number of esters is 1. The van der Waals surface area contributed by atoms with Crippen molar-refractivity contribution in [2.24, 2.45) is 0 Å². The molecule has 0 fully saturated rings. The summed E-state index contributed by atoms with van der Waals surface area (Å²) in [7, 11) is 0. The number of carbonyl (C=O) groups is 2. The molecule has 0 radical (unpaired) electrons. The van der Waals surface area contributed by atoms with Crippen molar-refractivity contribution in [1.82, 2.24) is 9.55 Å². The van der Waals surface area contributed by atoms with Crippen LogP contribution >= 0.6 is 11.6 Å². The maximum Gasteiger partial charge on any atom is 0.339 e. The summed E-state index contributed by atoms with van der Waals surface area (Å²) in [6, 6.07) is 26.8. The molecule has 8 nitrogen and oxygen atoms in total. The Bertz CT molecular complexity index is 2010. The molecule has 0 bridgehead atoms. The number of aryl methyl sites for hydroxylation is 1. The lowest BCUT2D eigenvalue weighted by Gasteiger charge is -2.39. The van der Waals surface area contributed by atoms with Crippen LogP contribution in [0.1, 0.15) is 77.5 Å². The zero-order valence-electron chi connectivity index (χ0n) is 27.6. The van der Waals surface area contributed by atoms with Crippen LogP contribution in [0.5, 0.6) is 0 Å². The van der Waals surface area contributed by atoms with Gasteiger partial charge < -0.3 is 13.9 Å². The highest BCUT2D eigenvalue weighted by Gasteiger charge is 2.26. The molecule has 0 saturated heterocycles. The van der Waals surface area contributed by atoms with Gasteiger partial charge in [-0.1, -0.05) is 97.4 Å². The molecule has 0 aliphatic heterocycles. The van der Waals surface area contributed by atoms with Gasteiger partial charge in [-0.05, 0) is 51.0 Å². The number of rotatable bonds is 12. The monoisotopic (exact) mass is 700 g/mol. The van der Waals surface area contributed by atoms with Crippen LogP contribution < -0.4 is 4.31 Å². The molecule has 0 saturated carbocycles. The average Bonchev–Trinajstić information content (AvgIpc) is 3.36. The van der Waals surface area contributed by atoms with E-state index in [1.165, 1.54) is 16.4 Å². The van der Waals surface area contributed by atoms with Gasteiger partial charge in [-0.15, -0.1) is 0 Å². The summed E-state index contributed by atoms with van der Waals surface area (Å²) in [5.41, 5.74) is 2.22. The number of halogens is 2. The summed E-state index contributed by atoms with van der Waals surface area (Å²) < 4.78 is 49.1. The summed E-state index contributed by atoms with van der Waals surface area (Å²) in [4.78, 5) is 31.0. The number of aromatic nitrogens is 2. The molecule has 4 aromatic carbocycles. The Balaban J connectivity index is 1.42. The van der Waals surface area contributed by atoms with E-state index in [2.05, 4.69) is 4.98 Å². The molecule has 0 amide bonds. The lowest BCUT2D eigenvalue weighted by Crippen LogP contribution is -2.42. The lowest BCUT2D eigenvalue weighted by atomic mass is 9.98. The first kappa shape index (κ1) is 35.7. The number of carbonyl (C=O) groups excluding carboxylic acids is 2. The van der Waals surface area contributed by atoms with Crippen molar-refractivity contribution in [3.05, 3.63) is 142 Å². The quantitative estimate of drug-likeness (QED) is 0.0737. The van der Waals surface area contributed by atoms with Crippen LogP contribution in [0, 0.1) is 5.82 Å². The molecule has 254 valence electrons. The minimum absolute atomic E-state index is 0.0530. The number of benzene rings is 4. The van der Waals surface area contributed by atoms with E-state index >= 15 is 4.39 Å². The van der Waals surface area contributed by atoms with Crippen molar-refractivity contribution >= 4 is 40.3 Å². The number of anilines is 1. The Morgan fingerprint density at radius 2 is 1.61 bits per heavy atom. The Kier molecular flexibility index (Phi) is 11.1. The van der Waals surface area contributed by atoms with Crippen LogP contribution in [-0.4, -0.2) is 35.6 Å². The Morgan fingerprint density at radius 3 is 2.27 bits per heavy atom. The molecule has 0 spiro atoms. The number of hydrogen-bond donors (Lipinski definition) is 0. The third-order valence-corrected chi connectivity index (χ3v) is 9.26. The van der Waals surface area contributed by atoms with Crippen LogP contribution in [0.15, 0.2) is 97.1 Å². The number of ketones is 1. The minimum atomic E-state index is -2.57. The first-order valence-corrected chi connectivity index (χ1v) is 17.2. The summed E-state index contributed by atoms with van der Waals surface area (Å²) in [5.74, 6) is -0.930. The van der Waals surface area contributed by atoms with Gasteiger partial charge in [0.2, 0.25) is 0 Å². The van der Waals surface area contributed by atoms with Gasteiger partial charge in [0.25, 0.3) is 0 Å². The second-order valence-corrected chi connectivity index (χ2v) is 13.6. The van der Waals surface area contributed by atoms with Crippen LogP contribution in [0.4, 0.5) is 10.1 Å². The van der Waals surface area contributed by atoms with Crippen molar-refractivity contribution in [1.29, 1.82) is 0 Å². The van der Waals surface area contributed by atoms with E-state index in [1.807, 2.05) is 6.92 Å². The number of ether oxygens (including phenoxy) is 1. The summed E-state index contributed by atoms with van der Waals surface area (Å²) in [6.45, 7) is 7.12. The molecule has 1 atom stereocenters. The normalized spacial score (nSPS) is 12.1. The molecule has 0 N–H and O–H groups in total. The second kappa shape index (κ2) is 15.3. The molecule has 0 aliphatic carbocycles. The topological polar surface area (TPSA) is 105 Å². The lowest BCUT2D eigenvalue weighted by molar-refractivity contribution is 0.0461. The smallest absolute Gasteiger partial charge is 0.339 e. The predicted molar refractivity (Wildman–Crippen MR) is 189 cm³/mol. The molecule has 1 unspecified atom stereocenters. The van der Waals surface area contributed by atoms with Gasteiger partial charge in [-0.3, -0.25) is 13.3 Å². The maximum atomic E-state index is 15.9. The van der Waals surface area contributed by atoms with Gasteiger partial charge in [-0.25, -0.2) is 14.2 Å². The van der Waals surface area contributed by atoms with Crippen molar-refractivity contribution in [3.63, 3.8) is 0 Å². The zero-order valence-corrected chi connectivity index (χ0v) is 29.2.